The first-order valence-corrected chi connectivity index (χ1v) is 6.47. The van der Waals surface area contributed by atoms with Crippen molar-refractivity contribution < 1.29 is 5.11 Å². The van der Waals surface area contributed by atoms with Crippen molar-refractivity contribution in [3.8, 4) is 0 Å². The predicted molar refractivity (Wildman–Crippen MR) is 68.5 cm³/mol. The van der Waals surface area contributed by atoms with Crippen molar-refractivity contribution in [2.45, 2.75) is 38.6 Å². The second kappa shape index (κ2) is 5.65. The van der Waals surface area contributed by atoms with E-state index in [-0.39, 0.29) is 6.61 Å². The molecule has 0 aromatic carbocycles. The number of aryl methyl sites for hydroxylation is 1. The van der Waals surface area contributed by atoms with Crippen LogP contribution in [0.2, 0.25) is 5.15 Å². The molecule has 1 saturated carbocycles. The molecule has 0 atom stereocenters. The van der Waals surface area contributed by atoms with Gasteiger partial charge in [-0.15, -0.1) is 0 Å². The Bertz CT molecular complexity index is 362. The van der Waals surface area contributed by atoms with Crippen LogP contribution >= 0.6 is 11.6 Å². The van der Waals surface area contributed by atoms with Gasteiger partial charge in [0.05, 0.1) is 0 Å². The van der Waals surface area contributed by atoms with Crippen LogP contribution in [0.25, 0.3) is 0 Å². The zero-order chi connectivity index (χ0) is 12.3. The molecule has 0 radical (unpaired) electrons. The van der Waals surface area contributed by atoms with Crippen molar-refractivity contribution in [3.63, 3.8) is 0 Å². The van der Waals surface area contributed by atoms with Crippen LogP contribution in [-0.2, 0) is 0 Å². The van der Waals surface area contributed by atoms with Crippen LogP contribution in [-0.4, -0.2) is 34.3 Å². The minimum Gasteiger partial charge on any atom is -0.396 e. The summed E-state index contributed by atoms with van der Waals surface area (Å²) in [6, 6.07) is 2.42. The Labute approximate surface area is 107 Å². The fourth-order valence-electron chi connectivity index (χ4n) is 1.93. The van der Waals surface area contributed by atoms with Gasteiger partial charge < -0.3 is 10.0 Å². The second-order valence-electron chi connectivity index (χ2n) is 4.45. The molecule has 1 aliphatic rings. The second-order valence-corrected chi connectivity index (χ2v) is 4.84. The van der Waals surface area contributed by atoms with Crippen molar-refractivity contribution in [2.24, 2.45) is 0 Å². The van der Waals surface area contributed by atoms with Gasteiger partial charge in [0.15, 0.2) is 0 Å². The number of aliphatic hydroxyl groups is 1. The number of nitrogens with zero attached hydrogens (tertiary/aromatic N) is 3. The molecule has 0 aliphatic heterocycles. The smallest absolute Gasteiger partial charge is 0.134 e. The highest BCUT2D eigenvalue weighted by Gasteiger charge is 2.29. The van der Waals surface area contributed by atoms with Gasteiger partial charge >= 0.3 is 0 Å². The van der Waals surface area contributed by atoms with Gasteiger partial charge in [-0.25, -0.2) is 9.97 Å². The Morgan fingerprint density at radius 1 is 1.41 bits per heavy atom. The molecule has 2 rings (SSSR count). The maximum absolute atomic E-state index is 8.83. The normalized spacial score (nSPS) is 15.0. The quantitative estimate of drug-likeness (QED) is 0.625. The Balaban J connectivity index is 2.08. The molecule has 1 N–H and O–H groups in total. The molecule has 1 heterocycles. The van der Waals surface area contributed by atoms with Gasteiger partial charge in [-0.1, -0.05) is 11.6 Å². The third kappa shape index (κ3) is 3.54. The SMILES string of the molecule is Cc1nc(Cl)cc(N(CCCCO)C2CC2)n1. The lowest BCUT2D eigenvalue weighted by Crippen LogP contribution is -2.28. The third-order valence-electron chi connectivity index (χ3n) is 2.88. The van der Waals surface area contributed by atoms with Crippen LogP contribution in [0, 0.1) is 6.92 Å². The van der Waals surface area contributed by atoms with E-state index in [0.717, 1.165) is 25.2 Å². The monoisotopic (exact) mass is 255 g/mol. The summed E-state index contributed by atoms with van der Waals surface area (Å²) in [4.78, 5) is 10.8. The Kier molecular flexibility index (Phi) is 4.18. The molecule has 0 unspecified atom stereocenters. The van der Waals surface area contributed by atoms with Crippen molar-refractivity contribution >= 4 is 17.4 Å². The Morgan fingerprint density at radius 3 is 2.76 bits per heavy atom. The molecule has 1 aliphatic carbocycles. The molecule has 1 aromatic heterocycles. The van der Waals surface area contributed by atoms with Crippen molar-refractivity contribution in [3.05, 3.63) is 17.0 Å². The predicted octanol–water partition coefficient (Wildman–Crippen LogP) is 2.18. The molecule has 0 saturated heterocycles. The summed E-state index contributed by atoms with van der Waals surface area (Å²) in [7, 11) is 0. The van der Waals surface area contributed by atoms with Crippen LogP contribution in [0.5, 0.6) is 0 Å². The van der Waals surface area contributed by atoms with Gasteiger partial charge in [0, 0.05) is 25.3 Å². The summed E-state index contributed by atoms with van der Waals surface area (Å²) in [5.41, 5.74) is 0. The maximum Gasteiger partial charge on any atom is 0.134 e. The number of hydrogen-bond acceptors (Lipinski definition) is 4. The molecule has 0 bridgehead atoms. The third-order valence-corrected chi connectivity index (χ3v) is 3.08. The number of aromatic nitrogens is 2. The number of hydrogen-bond donors (Lipinski definition) is 1. The summed E-state index contributed by atoms with van der Waals surface area (Å²) >= 11 is 5.96. The molecule has 4 nitrogen and oxygen atoms in total. The summed E-state index contributed by atoms with van der Waals surface area (Å²) in [6.45, 7) is 3.04. The lowest BCUT2D eigenvalue weighted by Gasteiger charge is -2.23. The highest BCUT2D eigenvalue weighted by molar-refractivity contribution is 6.29. The first kappa shape index (κ1) is 12.6. The van der Waals surface area contributed by atoms with Crippen LogP contribution < -0.4 is 4.90 Å². The molecule has 17 heavy (non-hydrogen) atoms. The fourth-order valence-corrected chi connectivity index (χ4v) is 2.15. The fraction of sp³-hybridized carbons (Fsp3) is 0.667. The van der Waals surface area contributed by atoms with Gasteiger partial charge in [-0.05, 0) is 32.6 Å². The molecule has 1 fully saturated rings. The Morgan fingerprint density at radius 2 is 2.18 bits per heavy atom. The summed E-state index contributed by atoms with van der Waals surface area (Å²) in [6.07, 6.45) is 4.26. The van der Waals surface area contributed by atoms with E-state index in [2.05, 4.69) is 14.9 Å². The highest BCUT2D eigenvalue weighted by Crippen LogP contribution is 2.31. The van der Waals surface area contributed by atoms with Gasteiger partial charge in [0.2, 0.25) is 0 Å². The van der Waals surface area contributed by atoms with E-state index >= 15 is 0 Å². The first-order valence-electron chi connectivity index (χ1n) is 6.09. The molecular weight excluding hydrogens is 238 g/mol. The molecule has 1 aromatic rings. The summed E-state index contributed by atoms with van der Waals surface area (Å²) in [5.74, 6) is 1.63. The Hall–Kier alpha value is -0.870. The van der Waals surface area contributed by atoms with Gasteiger partial charge in [0.1, 0.15) is 16.8 Å². The number of anilines is 1. The van der Waals surface area contributed by atoms with Gasteiger partial charge in [-0.3, -0.25) is 0 Å². The summed E-state index contributed by atoms with van der Waals surface area (Å²) in [5, 5.41) is 9.33. The first-order chi connectivity index (χ1) is 8.20. The lowest BCUT2D eigenvalue weighted by molar-refractivity contribution is 0.285. The molecule has 0 amide bonds. The van der Waals surface area contributed by atoms with E-state index in [1.807, 2.05) is 13.0 Å². The van der Waals surface area contributed by atoms with Crippen LogP contribution in [0.15, 0.2) is 6.07 Å². The number of halogens is 1. The topological polar surface area (TPSA) is 49.2 Å². The molecule has 0 spiro atoms. The van der Waals surface area contributed by atoms with E-state index in [1.165, 1.54) is 12.8 Å². The summed E-state index contributed by atoms with van der Waals surface area (Å²) < 4.78 is 0. The maximum atomic E-state index is 8.83. The minimum atomic E-state index is 0.252. The molecular formula is C12H18ClN3O. The highest BCUT2D eigenvalue weighted by atomic mass is 35.5. The van der Waals surface area contributed by atoms with E-state index in [4.69, 9.17) is 16.7 Å². The lowest BCUT2D eigenvalue weighted by atomic mass is 10.3. The van der Waals surface area contributed by atoms with Crippen LogP contribution in [0.1, 0.15) is 31.5 Å². The van der Waals surface area contributed by atoms with Crippen molar-refractivity contribution in [1.82, 2.24) is 9.97 Å². The van der Waals surface area contributed by atoms with Gasteiger partial charge in [0.25, 0.3) is 0 Å². The average Bonchev–Trinajstić information content (AvgIpc) is 3.07. The van der Waals surface area contributed by atoms with Crippen molar-refractivity contribution in [1.29, 1.82) is 0 Å². The number of aliphatic hydroxyl groups excluding tert-OH is 1. The van der Waals surface area contributed by atoms with E-state index in [1.54, 1.807) is 0 Å². The number of unbranched alkanes of at least 4 members (excludes halogenated alkanes) is 1. The van der Waals surface area contributed by atoms with E-state index < -0.39 is 0 Å². The zero-order valence-corrected chi connectivity index (χ0v) is 10.8. The molecule has 94 valence electrons. The zero-order valence-electron chi connectivity index (χ0n) is 10.1. The van der Waals surface area contributed by atoms with Crippen molar-refractivity contribution in [2.75, 3.05) is 18.1 Å². The number of rotatable bonds is 6. The average molecular weight is 256 g/mol. The van der Waals surface area contributed by atoms with Crippen LogP contribution in [0.4, 0.5) is 5.82 Å². The van der Waals surface area contributed by atoms with E-state index in [0.29, 0.717) is 17.0 Å². The van der Waals surface area contributed by atoms with Gasteiger partial charge in [-0.2, -0.15) is 0 Å². The standard InChI is InChI=1S/C12H18ClN3O/c1-9-14-11(13)8-12(15-9)16(10-4-5-10)6-2-3-7-17/h8,10,17H,2-7H2,1H3. The molecule has 5 heteroatoms. The van der Waals surface area contributed by atoms with E-state index in [9.17, 15) is 0 Å². The van der Waals surface area contributed by atoms with Crippen LogP contribution in [0.3, 0.4) is 0 Å². The minimum absolute atomic E-state index is 0.252. The largest absolute Gasteiger partial charge is 0.396 e.